The van der Waals surface area contributed by atoms with Crippen molar-refractivity contribution in [2.75, 3.05) is 13.6 Å². The number of rotatable bonds is 1. The number of fused-ring (bicyclic) bond motifs is 3. The molecule has 0 N–H and O–H groups in total. The van der Waals surface area contributed by atoms with Gasteiger partial charge in [0.05, 0.1) is 0 Å². The number of likely N-dealkylation sites (N-methyl/N-ethyl adjacent to an activating group) is 1. The van der Waals surface area contributed by atoms with Crippen molar-refractivity contribution in [2.24, 2.45) is 0 Å². The summed E-state index contributed by atoms with van der Waals surface area (Å²) in [4.78, 5) is 2.47. The summed E-state index contributed by atoms with van der Waals surface area (Å²) in [7, 11) is 2.25. The molecular weight excluding hydrogens is 304 g/mol. The summed E-state index contributed by atoms with van der Waals surface area (Å²) in [5.41, 5.74) is 10.00. The van der Waals surface area contributed by atoms with Gasteiger partial charge in [0.25, 0.3) is 0 Å². The number of aryl methyl sites for hydroxylation is 2. The highest BCUT2D eigenvalue weighted by atomic mass is 15.1. The predicted molar refractivity (Wildman–Crippen MR) is 105 cm³/mol. The van der Waals surface area contributed by atoms with Crippen molar-refractivity contribution in [3.05, 3.63) is 76.5 Å². The molecule has 3 heterocycles. The number of hydrogen-bond acceptors (Lipinski definition) is 1. The minimum absolute atomic E-state index is 0.491. The highest BCUT2D eigenvalue weighted by Crippen LogP contribution is 2.42. The normalized spacial score (nSPS) is 19.8. The first-order valence-corrected chi connectivity index (χ1v) is 9.18. The Morgan fingerprint density at radius 2 is 1.80 bits per heavy atom. The van der Waals surface area contributed by atoms with E-state index in [9.17, 15) is 0 Å². The van der Waals surface area contributed by atoms with Crippen LogP contribution < -0.4 is 0 Å². The molecule has 2 nitrogen and oxygen atoms in total. The van der Waals surface area contributed by atoms with Gasteiger partial charge in [-0.15, -0.1) is 0 Å². The van der Waals surface area contributed by atoms with Gasteiger partial charge in [0, 0.05) is 42.1 Å². The van der Waals surface area contributed by atoms with E-state index in [1.165, 1.54) is 38.7 Å². The average molecular weight is 328 g/mol. The van der Waals surface area contributed by atoms with Gasteiger partial charge in [0.2, 0.25) is 0 Å². The predicted octanol–water partition coefficient (Wildman–Crippen LogP) is 4.88. The first-order chi connectivity index (χ1) is 12.1. The van der Waals surface area contributed by atoms with Gasteiger partial charge in [-0.25, -0.2) is 0 Å². The zero-order valence-corrected chi connectivity index (χ0v) is 15.2. The Balaban J connectivity index is 1.73. The van der Waals surface area contributed by atoms with Crippen molar-refractivity contribution < 1.29 is 0 Å². The van der Waals surface area contributed by atoms with E-state index in [2.05, 4.69) is 78.9 Å². The zero-order valence-electron chi connectivity index (χ0n) is 15.2. The lowest BCUT2D eigenvalue weighted by Gasteiger charge is -2.34. The second-order valence-electron chi connectivity index (χ2n) is 7.84. The van der Waals surface area contributed by atoms with Gasteiger partial charge >= 0.3 is 0 Å². The number of allylic oxidation sites excluding steroid dienone is 1. The molecule has 2 aliphatic heterocycles. The van der Waals surface area contributed by atoms with Crippen molar-refractivity contribution in [1.29, 1.82) is 0 Å². The van der Waals surface area contributed by atoms with Crippen LogP contribution in [0.25, 0.3) is 16.5 Å². The smallest absolute Gasteiger partial charge is 0.0489 e. The summed E-state index contributed by atoms with van der Waals surface area (Å²) in [6, 6.07) is 15.9. The van der Waals surface area contributed by atoms with Crippen LogP contribution in [0.4, 0.5) is 0 Å². The summed E-state index contributed by atoms with van der Waals surface area (Å²) in [6.45, 7) is 7.53. The molecule has 0 bridgehead atoms. The summed E-state index contributed by atoms with van der Waals surface area (Å²) < 4.78 is 2.58. The second kappa shape index (κ2) is 5.34. The van der Waals surface area contributed by atoms with Crippen LogP contribution in [-0.2, 0) is 13.1 Å². The maximum absolute atomic E-state index is 2.58. The lowest BCUT2D eigenvalue weighted by atomic mass is 9.88. The number of nitrogens with zero attached hydrogens (tertiary/aromatic N) is 2. The maximum atomic E-state index is 2.58. The van der Waals surface area contributed by atoms with E-state index in [1.807, 2.05) is 0 Å². The van der Waals surface area contributed by atoms with Crippen molar-refractivity contribution in [2.45, 2.75) is 32.9 Å². The zero-order chi connectivity index (χ0) is 17.1. The highest BCUT2D eigenvalue weighted by Gasteiger charge is 2.32. The Labute approximate surface area is 149 Å². The molecule has 1 aromatic heterocycles. The SMILES string of the molecule is Cc1cccc(C2=CC3CN(C)Cc4c3n(c3ccc(C)cc43)C2)c1. The molecule has 0 saturated carbocycles. The Morgan fingerprint density at radius 1 is 0.960 bits per heavy atom. The molecule has 2 aliphatic rings. The fraction of sp³-hybridized carbons (Fsp3) is 0.304. The Bertz CT molecular complexity index is 1020. The molecule has 2 heteroatoms. The topological polar surface area (TPSA) is 8.17 Å². The minimum Gasteiger partial charge on any atom is -0.339 e. The van der Waals surface area contributed by atoms with E-state index in [0.717, 1.165) is 19.6 Å². The maximum Gasteiger partial charge on any atom is 0.0489 e. The summed E-state index contributed by atoms with van der Waals surface area (Å²) in [6.07, 6.45) is 2.52. The van der Waals surface area contributed by atoms with Gasteiger partial charge in [-0.1, -0.05) is 47.5 Å². The molecule has 1 unspecified atom stereocenters. The first-order valence-electron chi connectivity index (χ1n) is 9.18. The fourth-order valence-electron chi connectivity index (χ4n) is 4.70. The molecule has 0 saturated heterocycles. The molecule has 126 valence electrons. The van der Waals surface area contributed by atoms with E-state index < -0.39 is 0 Å². The molecule has 0 amide bonds. The summed E-state index contributed by atoms with van der Waals surface area (Å²) >= 11 is 0. The number of benzene rings is 2. The minimum atomic E-state index is 0.491. The van der Waals surface area contributed by atoms with Crippen LogP contribution in [0.2, 0.25) is 0 Å². The lowest BCUT2D eigenvalue weighted by Crippen LogP contribution is -2.32. The lowest BCUT2D eigenvalue weighted by molar-refractivity contribution is 0.292. The first kappa shape index (κ1) is 15.0. The van der Waals surface area contributed by atoms with E-state index in [4.69, 9.17) is 0 Å². The Morgan fingerprint density at radius 3 is 2.64 bits per heavy atom. The molecule has 3 aromatic rings. The third-order valence-electron chi connectivity index (χ3n) is 5.78. The third kappa shape index (κ3) is 2.28. The van der Waals surface area contributed by atoms with Crippen LogP contribution >= 0.6 is 0 Å². The molecule has 0 fully saturated rings. The van der Waals surface area contributed by atoms with Gasteiger partial charge in [0.1, 0.15) is 0 Å². The highest BCUT2D eigenvalue weighted by molar-refractivity contribution is 5.88. The Hall–Kier alpha value is -2.32. The summed E-state index contributed by atoms with van der Waals surface area (Å²) in [5.74, 6) is 0.491. The quantitative estimate of drug-likeness (QED) is 0.618. The van der Waals surface area contributed by atoms with E-state index >= 15 is 0 Å². The molecule has 0 aliphatic carbocycles. The van der Waals surface area contributed by atoms with Gasteiger partial charge in [-0.3, -0.25) is 0 Å². The van der Waals surface area contributed by atoms with Gasteiger partial charge in [0.15, 0.2) is 0 Å². The van der Waals surface area contributed by atoms with Crippen LogP contribution in [0.1, 0.15) is 33.9 Å². The van der Waals surface area contributed by atoms with Crippen LogP contribution in [0.15, 0.2) is 48.5 Å². The largest absolute Gasteiger partial charge is 0.339 e. The average Bonchev–Trinajstić information content (AvgIpc) is 2.89. The monoisotopic (exact) mass is 328 g/mol. The van der Waals surface area contributed by atoms with Crippen LogP contribution in [0, 0.1) is 13.8 Å². The fourth-order valence-corrected chi connectivity index (χ4v) is 4.70. The molecule has 5 rings (SSSR count). The standard InChI is InChI=1S/C23H24N2/c1-15-5-4-6-17(9-15)18-11-19-12-24(3)14-21-20-10-16(2)7-8-22(20)25(13-18)23(19)21/h4-11,19H,12-14H2,1-3H3. The van der Waals surface area contributed by atoms with Crippen LogP contribution in [-0.4, -0.2) is 23.1 Å². The number of aromatic nitrogens is 1. The molecule has 0 spiro atoms. The molecule has 25 heavy (non-hydrogen) atoms. The summed E-state index contributed by atoms with van der Waals surface area (Å²) in [5, 5.41) is 1.45. The van der Waals surface area contributed by atoms with Crippen molar-refractivity contribution in [3.63, 3.8) is 0 Å². The van der Waals surface area contributed by atoms with E-state index in [0.29, 0.717) is 5.92 Å². The van der Waals surface area contributed by atoms with E-state index in [-0.39, 0.29) is 0 Å². The molecule has 1 atom stereocenters. The second-order valence-corrected chi connectivity index (χ2v) is 7.84. The van der Waals surface area contributed by atoms with E-state index in [1.54, 1.807) is 5.69 Å². The number of hydrogen-bond donors (Lipinski definition) is 0. The van der Waals surface area contributed by atoms with Crippen molar-refractivity contribution >= 4 is 16.5 Å². The Kier molecular flexibility index (Phi) is 3.20. The van der Waals surface area contributed by atoms with Crippen LogP contribution in [0.5, 0.6) is 0 Å². The van der Waals surface area contributed by atoms with Crippen molar-refractivity contribution in [3.8, 4) is 0 Å². The van der Waals surface area contributed by atoms with Gasteiger partial charge < -0.3 is 9.47 Å². The third-order valence-corrected chi connectivity index (χ3v) is 5.78. The van der Waals surface area contributed by atoms with Gasteiger partial charge in [-0.2, -0.15) is 0 Å². The molecule has 2 aromatic carbocycles. The van der Waals surface area contributed by atoms with Crippen molar-refractivity contribution in [1.82, 2.24) is 9.47 Å². The van der Waals surface area contributed by atoms with Crippen LogP contribution in [0.3, 0.4) is 0 Å². The van der Waals surface area contributed by atoms with Gasteiger partial charge in [-0.05, 0) is 49.7 Å². The molecule has 0 radical (unpaired) electrons. The molecular formula is C23H24N2.